The smallest absolute Gasteiger partial charge is 0.244 e. The molecule has 0 aromatic heterocycles. The van der Waals surface area contributed by atoms with E-state index in [1.165, 1.54) is 6.07 Å². The molecule has 0 atom stereocenters. The Bertz CT molecular complexity index is 585. The predicted molar refractivity (Wildman–Crippen MR) is 77.1 cm³/mol. The molecule has 7 heteroatoms. The minimum Gasteiger partial charge on any atom is -0.369 e. The molecule has 0 spiro atoms. The Morgan fingerprint density at radius 3 is 2.47 bits per heavy atom. The van der Waals surface area contributed by atoms with E-state index < -0.39 is 15.9 Å². The molecule has 0 aliphatic carbocycles. The van der Waals surface area contributed by atoms with Gasteiger partial charge >= 0.3 is 0 Å². The number of hydrogen-bond donors (Lipinski definition) is 1. The molecule has 19 heavy (non-hydrogen) atoms. The standard InChI is InChI=1S/C12H17BrN2O3S/c1-8(2)15(7-12(14)16)19(17,18)11-6-10(13)5-4-9(11)3/h4-6,8H,7H2,1-3H3,(H2,14,16). The average Bonchev–Trinajstić information content (AvgIpc) is 2.28. The Balaban J connectivity index is 3.34. The van der Waals surface area contributed by atoms with E-state index in [0.29, 0.717) is 10.0 Å². The van der Waals surface area contributed by atoms with Crippen LogP contribution in [-0.2, 0) is 14.8 Å². The van der Waals surface area contributed by atoms with Crippen LogP contribution in [0.25, 0.3) is 0 Å². The number of carbonyl (C=O) groups is 1. The molecular weight excluding hydrogens is 332 g/mol. The first-order valence-corrected chi connectivity index (χ1v) is 7.96. The number of amides is 1. The topological polar surface area (TPSA) is 80.5 Å². The normalized spacial score (nSPS) is 12.1. The maximum atomic E-state index is 12.6. The first-order valence-electron chi connectivity index (χ1n) is 5.72. The van der Waals surface area contributed by atoms with Crippen molar-refractivity contribution in [2.24, 2.45) is 5.73 Å². The van der Waals surface area contributed by atoms with Gasteiger partial charge in [0.1, 0.15) is 0 Å². The number of rotatable bonds is 5. The number of nitrogens with zero attached hydrogens (tertiary/aromatic N) is 1. The third kappa shape index (κ3) is 3.77. The molecule has 0 saturated carbocycles. The van der Waals surface area contributed by atoms with Crippen LogP contribution in [-0.4, -0.2) is 31.2 Å². The zero-order valence-corrected chi connectivity index (χ0v) is 13.5. The van der Waals surface area contributed by atoms with Crippen molar-refractivity contribution in [3.8, 4) is 0 Å². The zero-order valence-electron chi connectivity index (χ0n) is 11.1. The summed E-state index contributed by atoms with van der Waals surface area (Å²) in [4.78, 5) is 11.2. The summed E-state index contributed by atoms with van der Waals surface area (Å²) in [7, 11) is -3.75. The fraction of sp³-hybridized carbons (Fsp3) is 0.417. The Morgan fingerprint density at radius 1 is 1.42 bits per heavy atom. The van der Waals surface area contributed by atoms with E-state index in [0.717, 1.165) is 4.31 Å². The molecular formula is C12H17BrN2O3S. The largest absolute Gasteiger partial charge is 0.369 e. The fourth-order valence-electron chi connectivity index (χ4n) is 1.68. The zero-order chi connectivity index (χ0) is 14.8. The summed E-state index contributed by atoms with van der Waals surface area (Å²) in [6.07, 6.45) is 0. The van der Waals surface area contributed by atoms with E-state index in [2.05, 4.69) is 15.9 Å². The van der Waals surface area contributed by atoms with Gasteiger partial charge < -0.3 is 5.73 Å². The number of sulfonamides is 1. The summed E-state index contributed by atoms with van der Waals surface area (Å²) >= 11 is 3.25. The molecule has 0 aliphatic rings. The third-order valence-electron chi connectivity index (χ3n) is 2.62. The monoisotopic (exact) mass is 348 g/mol. The van der Waals surface area contributed by atoms with Crippen LogP contribution >= 0.6 is 15.9 Å². The van der Waals surface area contributed by atoms with Gasteiger partial charge in [-0.25, -0.2) is 8.42 Å². The van der Waals surface area contributed by atoms with Crippen molar-refractivity contribution in [3.63, 3.8) is 0 Å². The fourth-order valence-corrected chi connectivity index (χ4v) is 4.05. The van der Waals surface area contributed by atoms with Gasteiger partial charge in [-0.05, 0) is 38.5 Å². The molecule has 0 unspecified atom stereocenters. The summed E-state index contributed by atoms with van der Waals surface area (Å²) in [5.41, 5.74) is 5.74. The molecule has 1 aromatic rings. The van der Waals surface area contributed by atoms with Crippen molar-refractivity contribution in [2.45, 2.75) is 31.7 Å². The number of primary amides is 1. The van der Waals surface area contributed by atoms with Crippen LogP contribution < -0.4 is 5.73 Å². The molecule has 1 rings (SSSR count). The lowest BCUT2D eigenvalue weighted by Crippen LogP contribution is -2.42. The van der Waals surface area contributed by atoms with Gasteiger partial charge in [-0.1, -0.05) is 22.0 Å². The molecule has 0 fully saturated rings. The van der Waals surface area contributed by atoms with Gasteiger partial charge in [0, 0.05) is 10.5 Å². The van der Waals surface area contributed by atoms with Gasteiger partial charge in [0.25, 0.3) is 0 Å². The van der Waals surface area contributed by atoms with Crippen LogP contribution in [0.5, 0.6) is 0 Å². The van der Waals surface area contributed by atoms with Crippen LogP contribution in [0.3, 0.4) is 0 Å². The molecule has 1 amide bonds. The van der Waals surface area contributed by atoms with E-state index in [1.54, 1.807) is 32.9 Å². The van der Waals surface area contributed by atoms with Crippen molar-refractivity contribution < 1.29 is 13.2 Å². The summed E-state index contributed by atoms with van der Waals surface area (Å²) in [6, 6.07) is 4.65. The van der Waals surface area contributed by atoms with Gasteiger partial charge in [0.2, 0.25) is 15.9 Å². The Labute approximate surface area is 122 Å². The number of nitrogens with two attached hydrogens (primary N) is 1. The van der Waals surface area contributed by atoms with E-state index in [1.807, 2.05) is 0 Å². The minimum atomic E-state index is -3.75. The quantitative estimate of drug-likeness (QED) is 0.878. The van der Waals surface area contributed by atoms with Gasteiger partial charge in [0.05, 0.1) is 11.4 Å². The van der Waals surface area contributed by atoms with E-state index in [9.17, 15) is 13.2 Å². The maximum Gasteiger partial charge on any atom is 0.244 e. The van der Waals surface area contributed by atoms with Crippen LogP contribution in [0, 0.1) is 6.92 Å². The second-order valence-electron chi connectivity index (χ2n) is 4.52. The maximum absolute atomic E-state index is 12.6. The van der Waals surface area contributed by atoms with Crippen molar-refractivity contribution in [1.29, 1.82) is 0 Å². The lowest BCUT2D eigenvalue weighted by Gasteiger charge is -2.25. The molecule has 1 aromatic carbocycles. The van der Waals surface area contributed by atoms with E-state index in [4.69, 9.17) is 5.73 Å². The second-order valence-corrected chi connectivity index (χ2v) is 7.29. The summed E-state index contributed by atoms with van der Waals surface area (Å²) in [5.74, 6) is -0.676. The number of benzene rings is 1. The van der Waals surface area contributed by atoms with Crippen molar-refractivity contribution in [2.75, 3.05) is 6.54 Å². The van der Waals surface area contributed by atoms with Crippen LogP contribution in [0.15, 0.2) is 27.6 Å². The highest BCUT2D eigenvalue weighted by atomic mass is 79.9. The summed E-state index contributed by atoms with van der Waals surface area (Å²) in [5, 5.41) is 0. The summed E-state index contributed by atoms with van der Waals surface area (Å²) < 4.78 is 26.9. The molecule has 0 bridgehead atoms. The summed E-state index contributed by atoms with van der Waals surface area (Å²) in [6.45, 7) is 4.79. The highest BCUT2D eigenvalue weighted by Crippen LogP contribution is 2.24. The van der Waals surface area contributed by atoms with Gasteiger partial charge in [-0.15, -0.1) is 0 Å². The first kappa shape index (κ1) is 16.1. The van der Waals surface area contributed by atoms with Crippen LogP contribution in [0.2, 0.25) is 0 Å². The Morgan fingerprint density at radius 2 is 2.00 bits per heavy atom. The number of aryl methyl sites for hydroxylation is 1. The van der Waals surface area contributed by atoms with Crippen molar-refractivity contribution in [1.82, 2.24) is 4.31 Å². The molecule has 0 radical (unpaired) electrons. The molecule has 0 aliphatic heterocycles. The lowest BCUT2D eigenvalue weighted by molar-refractivity contribution is -0.118. The molecule has 5 nitrogen and oxygen atoms in total. The molecule has 0 saturated heterocycles. The number of carbonyl (C=O) groups excluding carboxylic acids is 1. The SMILES string of the molecule is Cc1ccc(Br)cc1S(=O)(=O)N(CC(N)=O)C(C)C. The third-order valence-corrected chi connectivity index (χ3v) is 5.28. The molecule has 2 N–H and O–H groups in total. The predicted octanol–water partition coefficient (Wildman–Crippen LogP) is 1.64. The first-order chi connectivity index (χ1) is 8.66. The highest BCUT2D eigenvalue weighted by molar-refractivity contribution is 9.10. The van der Waals surface area contributed by atoms with Crippen LogP contribution in [0.1, 0.15) is 19.4 Å². The lowest BCUT2D eigenvalue weighted by atomic mass is 10.2. The van der Waals surface area contributed by atoms with Crippen LogP contribution in [0.4, 0.5) is 0 Å². The molecule has 106 valence electrons. The molecule has 0 heterocycles. The van der Waals surface area contributed by atoms with E-state index in [-0.39, 0.29) is 17.5 Å². The van der Waals surface area contributed by atoms with Gasteiger partial charge in [0.15, 0.2) is 0 Å². The second kappa shape index (κ2) is 6.02. The highest BCUT2D eigenvalue weighted by Gasteiger charge is 2.29. The average molecular weight is 349 g/mol. The van der Waals surface area contributed by atoms with Gasteiger partial charge in [-0.3, -0.25) is 4.79 Å². The Hall–Kier alpha value is -0.920. The number of halogens is 1. The Kier molecular flexibility index (Phi) is 5.11. The van der Waals surface area contributed by atoms with Crippen molar-refractivity contribution in [3.05, 3.63) is 28.2 Å². The van der Waals surface area contributed by atoms with E-state index >= 15 is 0 Å². The van der Waals surface area contributed by atoms with Gasteiger partial charge in [-0.2, -0.15) is 4.31 Å². The number of hydrogen-bond acceptors (Lipinski definition) is 3. The minimum absolute atomic E-state index is 0.178. The van der Waals surface area contributed by atoms with Crippen molar-refractivity contribution >= 4 is 31.9 Å².